The first-order chi connectivity index (χ1) is 21.1. The van der Waals surface area contributed by atoms with Crippen molar-refractivity contribution in [3.63, 3.8) is 0 Å². The van der Waals surface area contributed by atoms with E-state index in [1.807, 2.05) is 54.6 Å². The van der Waals surface area contributed by atoms with Crippen molar-refractivity contribution in [3.8, 4) is 11.5 Å². The van der Waals surface area contributed by atoms with Crippen LogP contribution in [0.2, 0.25) is 0 Å². The lowest BCUT2D eigenvalue weighted by atomic mass is 10.1. The number of carbonyl (C=O) groups excluding carboxylic acids is 2. The lowest BCUT2D eigenvalue weighted by Gasteiger charge is -2.28. The second-order valence-electron chi connectivity index (χ2n) is 9.94. The number of benzene rings is 4. The molecule has 0 saturated heterocycles. The summed E-state index contributed by atoms with van der Waals surface area (Å²) >= 11 is 0. The molecule has 4 rings (SSSR count). The predicted octanol–water partition coefficient (Wildman–Crippen LogP) is 4.79. The largest absolute Gasteiger partial charge is 0.497 e. The molecule has 2 amide bonds. The van der Waals surface area contributed by atoms with E-state index >= 15 is 0 Å². The monoisotopic (exact) mass is 619 g/mol. The first-order valence-electron chi connectivity index (χ1n) is 13.9. The maximum atomic E-state index is 13.4. The number of amides is 2. The maximum Gasteiger partial charge on any atom is 0.261 e. The highest BCUT2D eigenvalue weighted by molar-refractivity contribution is 7.92. The highest BCUT2D eigenvalue weighted by Crippen LogP contribution is 2.20. The number of hydrogen-bond donors (Lipinski definition) is 2. The van der Waals surface area contributed by atoms with E-state index in [1.54, 1.807) is 14.0 Å². The molecule has 44 heavy (non-hydrogen) atoms. The Labute approximate surface area is 256 Å². The summed E-state index contributed by atoms with van der Waals surface area (Å²) in [6, 6.07) is 26.6. The molecule has 0 radical (unpaired) electrons. The van der Waals surface area contributed by atoms with Crippen molar-refractivity contribution in [1.29, 1.82) is 0 Å². The highest BCUT2D eigenvalue weighted by Gasteiger charge is 2.26. The summed E-state index contributed by atoms with van der Waals surface area (Å²) in [6.07, 6.45) is 0.614. The Morgan fingerprint density at radius 2 is 1.48 bits per heavy atom. The molecule has 0 spiro atoms. The number of ether oxygens (including phenoxy) is 2. The van der Waals surface area contributed by atoms with E-state index in [9.17, 15) is 22.4 Å². The summed E-state index contributed by atoms with van der Waals surface area (Å²) in [7, 11) is -2.32. The third-order valence-electron chi connectivity index (χ3n) is 6.83. The maximum absolute atomic E-state index is 13.4. The lowest BCUT2D eigenvalue weighted by Crippen LogP contribution is -2.49. The molecule has 230 valence electrons. The zero-order valence-electron chi connectivity index (χ0n) is 24.4. The molecule has 0 aliphatic rings. The molecule has 2 N–H and O–H groups in total. The highest BCUT2D eigenvalue weighted by atomic mass is 32.2. The quantitative estimate of drug-likeness (QED) is 0.210. The number of sulfonamides is 1. The summed E-state index contributed by atoms with van der Waals surface area (Å²) in [6.45, 7) is 1.89. The fourth-order valence-electron chi connectivity index (χ4n) is 4.31. The first-order valence-corrected chi connectivity index (χ1v) is 15.4. The Morgan fingerprint density at radius 1 is 0.841 bits per heavy atom. The summed E-state index contributed by atoms with van der Waals surface area (Å²) in [5, 5.41) is 2.91. The normalized spacial score (nSPS) is 11.7. The minimum absolute atomic E-state index is 0.0360. The van der Waals surface area contributed by atoms with Gasteiger partial charge in [-0.05, 0) is 85.1 Å². The second kappa shape index (κ2) is 15.0. The molecule has 9 nitrogen and oxygen atoms in total. The van der Waals surface area contributed by atoms with Gasteiger partial charge >= 0.3 is 0 Å². The molecule has 0 bridgehead atoms. The third kappa shape index (κ3) is 9.05. The first kappa shape index (κ1) is 32.0. The second-order valence-corrected chi connectivity index (χ2v) is 11.6. The Balaban J connectivity index is 1.37. The predicted molar refractivity (Wildman–Crippen MR) is 165 cm³/mol. The lowest BCUT2D eigenvalue weighted by molar-refractivity contribution is -0.142. The van der Waals surface area contributed by atoms with E-state index < -0.39 is 27.8 Å². The van der Waals surface area contributed by atoms with E-state index in [-0.39, 0.29) is 35.4 Å². The number of carbonyl (C=O) groups is 2. The average Bonchev–Trinajstić information content (AvgIpc) is 3.04. The van der Waals surface area contributed by atoms with Gasteiger partial charge in [-0.15, -0.1) is 0 Å². The molecule has 0 fully saturated rings. The summed E-state index contributed by atoms with van der Waals surface area (Å²) in [4.78, 5) is 27.8. The van der Waals surface area contributed by atoms with E-state index in [1.165, 1.54) is 41.3 Å². The minimum Gasteiger partial charge on any atom is -0.497 e. The van der Waals surface area contributed by atoms with Crippen LogP contribution in [0, 0.1) is 5.82 Å². The molecule has 0 saturated carbocycles. The van der Waals surface area contributed by atoms with Gasteiger partial charge in [0.2, 0.25) is 5.91 Å². The van der Waals surface area contributed by atoms with E-state index in [0.29, 0.717) is 13.0 Å². The molecule has 11 heteroatoms. The van der Waals surface area contributed by atoms with Crippen molar-refractivity contribution in [2.75, 3.05) is 25.0 Å². The Kier molecular flexibility index (Phi) is 10.9. The molecular weight excluding hydrogens is 585 g/mol. The number of nitrogens with one attached hydrogen (secondary N) is 2. The van der Waals surface area contributed by atoms with E-state index in [0.717, 1.165) is 29.0 Å². The van der Waals surface area contributed by atoms with Gasteiger partial charge in [0.1, 0.15) is 23.4 Å². The van der Waals surface area contributed by atoms with Gasteiger partial charge in [-0.2, -0.15) is 0 Å². The van der Waals surface area contributed by atoms with E-state index in [4.69, 9.17) is 9.47 Å². The van der Waals surface area contributed by atoms with Crippen molar-refractivity contribution >= 4 is 27.5 Å². The van der Waals surface area contributed by atoms with Crippen molar-refractivity contribution in [1.82, 2.24) is 10.2 Å². The van der Waals surface area contributed by atoms with Crippen LogP contribution in [0.5, 0.6) is 11.5 Å². The summed E-state index contributed by atoms with van der Waals surface area (Å²) < 4.78 is 51.8. The van der Waals surface area contributed by atoms with Crippen LogP contribution in [0.25, 0.3) is 0 Å². The molecule has 0 aliphatic carbocycles. The Morgan fingerprint density at radius 3 is 2.11 bits per heavy atom. The molecule has 0 aromatic heterocycles. The summed E-state index contributed by atoms with van der Waals surface area (Å²) in [5.74, 6) is -0.169. The molecule has 4 aromatic rings. The third-order valence-corrected chi connectivity index (χ3v) is 8.22. The van der Waals surface area contributed by atoms with Gasteiger partial charge < -0.3 is 19.7 Å². The van der Waals surface area contributed by atoms with Gasteiger partial charge in [-0.1, -0.05) is 42.5 Å². The number of anilines is 1. The van der Waals surface area contributed by atoms with Gasteiger partial charge in [0.15, 0.2) is 6.61 Å². The van der Waals surface area contributed by atoms with Crippen molar-refractivity contribution in [2.24, 2.45) is 0 Å². The number of rotatable bonds is 14. The average molecular weight is 620 g/mol. The van der Waals surface area contributed by atoms with Crippen LogP contribution in [-0.2, 0) is 32.6 Å². The molecule has 0 aliphatic heterocycles. The van der Waals surface area contributed by atoms with Crippen LogP contribution in [0.15, 0.2) is 108 Å². The van der Waals surface area contributed by atoms with Crippen LogP contribution >= 0.6 is 0 Å². The van der Waals surface area contributed by atoms with Crippen molar-refractivity contribution in [2.45, 2.75) is 30.8 Å². The van der Waals surface area contributed by atoms with Crippen molar-refractivity contribution < 1.29 is 31.9 Å². The fraction of sp³-hybridized carbons (Fsp3) is 0.212. The van der Waals surface area contributed by atoms with Crippen LogP contribution < -0.4 is 19.5 Å². The summed E-state index contributed by atoms with van der Waals surface area (Å²) in [5.41, 5.74) is 2.10. The van der Waals surface area contributed by atoms with Crippen LogP contribution in [0.1, 0.15) is 18.1 Å². The molecular formula is C33H34FN3O6S. The molecule has 0 unspecified atom stereocenters. The molecule has 4 aromatic carbocycles. The molecule has 0 heterocycles. The SMILES string of the molecule is COc1ccc(CCNC(=O)[C@H](C)N(Cc2ccccc2)C(=O)COc2ccc(S(=O)(=O)Nc3ccc(F)cc3)cc2)cc1. The van der Waals surface area contributed by atoms with Crippen molar-refractivity contribution in [3.05, 3.63) is 120 Å². The van der Waals surface area contributed by atoms with Gasteiger partial charge in [0, 0.05) is 18.8 Å². The van der Waals surface area contributed by atoms with E-state index in [2.05, 4.69) is 10.0 Å². The van der Waals surface area contributed by atoms with Gasteiger partial charge in [0.05, 0.1) is 12.0 Å². The van der Waals surface area contributed by atoms with Crippen LogP contribution in [0.4, 0.5) is 10.1 Å². The number of halogens is 1. The van der Waals surface area contributed by atoms with Crippen LogP contribution in [0.3, 0.4) is 0 Å². The Bertz CT molecular complexity index is 1630. The van der Waals surface area contributed by atoms with Gasteiger partial charge in [-0.25, -0.2) is 12.8 Å². The van der Waals surface area contributed by atoms with Crippen LogP contribution in [-0.4, -0.2) is 51.4 Å². The van der Waals surface area contributed by atoms with Gasteiger partial charge in [-0.3, -0.25) is 14.3 Å². The number of hydrogen-bond acceptors (Lipinski definition) is 6. The minimum atomic E-state index is -3.93. The zero-order chi connectivity index (χ0) is 31.5. The number of methoxy groups -OCH3 is 1. The molecule has 1 atom stereocenters. The van der Waals surface area contributed by atoms with Gasteiger partial charge in [0.25, 0.3) is 15.9 Å². The Hall–Kier alpha value is -4.90. The standard InChI is InChI=1S/C33H34FN3O6S/c1-24(33(39)35-21-20-25-8-14-29(42-2)15-9-25)37(22-26-6-4-3-5-7-26)32(38)23-43-30-16-18-31(19-17-30)44(40,41)36-28-12-10-27(34)11-13-28/h3-19,24,36H,20-23H2,1-2H3,(H,35,39)/t24-/m0/s1. The number of nitrogens with zero attached hydrogens (tertiary/aromatic N) is 1. The fourth-order valence-corrected chi connectivity index (χ4v) is 5.37. The topological polar surface area (TPSA) is 114 Å². The smallest absolute Gasteiger partial charge is 0.261 e. The zero-order valence-corrected chi connectivity index (χ0v) is 25.2.